The molecule has 0 spiro atoms. The van der Waals surface area contributed by atoms with Crippen LogP contribution in [-0.2, 0) is 0 Å². The maximum Gasteiger partial charge on any atom is 0.254 e. The van der Waals surface area contributed by atoms with E-state index in [0.717, 1.165) is 12.2 Å². The highest BCUT2D eigenvalue weighted by Crippen LogP contribution is 2.48. The fourth-order valence-electron chi connectivity index (χ4n) is 2.16. The van der Waals surface area contributed by atoms with Crippen LogP contribution in [0.3, 0.4) is 0 Å². The second kappa shape index (κ2) is 4.28. The minimum atomic E-state index is -0.00590. The first kappa shape index (κ1) is 11.2. The van der Waals surface area contributed by atoms with E-state index in [2.05, 4.69) is 22.4 Å². The zero-order chi connectivity index (χ0) is 11.6. The highest BCUT2D eigenvalue weighted by atomic mass is 16.1. The van der Waals surface area contributed by atoms with Crippen LogP contribution in [0, 0.1) is 12.3 Å². The van der Waals surface area contributed by atoms with Gasteiger partial charge in [-0.1, -0.05) is 13.3 Å². The third-order valence-electron chi connectivity index (χ3n) is 3.44. The molecule has 1 saturated carbocycles. The first-order valence-corrected chi connectivity index (χ1v) is 5.95. The summed E-state index contributed by atoms with van der Waals surface area (Å²) in [5, 5.41) is 9.64. The third kappa shape index (κ3) is 2.26. The molecule has 1 fully saturated rings. The van der Waals surface area contributed by atoms with E-state index in [9.17, 15) is 4.79 Å². The van der Waals surface area contributed by atoms with Crippen molar-refractivity contribution in [2.75, 3.05) is 6.54 Å². The zero-order valence-electron chi connectivity index (χ0n) is 9.97. The Hall–Kier alpha value is -1.32. The smallest absolute Gasteiger partial charge is 0.254 e. The molecular formula is C12H19N3O. The van der Waals surface area contributed by atoms with E-state index in [4.69, 9.17) is 0 Å². The highest BCUT2D eigenvalue weighted by Gasteiger charge is 2.41. The summed E-state index contributed by atoms with van der Waals surface area (Å²) >= 11 is 0. The van der Waals surface area contributed by atoms with Crippen LogP contribution in [0.5, 0.6) is 0 Å². The van der Waals surface area contributed by atoms with Crippen molar-refractivity contribution >= 4 is 5.91 Å². The molecule has 0 bridgehead atoms. The van der Waals surface area contributed by atoms with Gasteiger partial charge in [0, 0.05) is 12.2 Å². The predicted octanol–water partition coefficient (Wildman–Crippen LogP) is 2.03. The van der Waals surface area contributed by atoms with Crippen LogP contribution in [0.15, 0.2) is 6.20 Å². The van der Waals surface area contributed by atoms with E-state index < -0.39 is 0 Å². The lowest BCUT2D eigenvalue weighted by atomic mass is 10.0. The molecule has 1 aliphatic rings. The Bertz CT molecular complexity index is 379. The second-order valence-corrected chi connectivity index (χ2v) is 4.84. The number of carbonyl (C=O) groups is 1. The number of hydrogen-bond acceptors (Lipinski definition) is 2. The number of aryl methyl sites for hydroxylation is 1. The van der Waals surface area contributed by atoms with Crippen LogP contribution in [0.1, 0.15) is 48.7 Å². The summed E-state index contributed by atoms with van der Waals surface area (Å²) in [6.45, 7) is 4.87. The molecule has 1 aromatic rings. The van der Waals surface area contributed by atoms with Crippen molar-refractivity contribution in [1.29, 1.82) is 0 Å². The number of aromatic amines is 1. The summed E-state index contributed by atoms with van der Waals surface area (Å²) in [7, 11) is 0. The van der Waals surface area contributed by atoms with E-state index in [1.165, 1.54) is 25.7 Å². The number of carbonyl (C=O) groups excluding carboxylic acids is 1. The average Bonchev–Trinajstić information content (AvgIpc) is 2.89. The molecule has 0 aromatic carbocycles. The Morgan fingerprint density at radius 2 is 2.38 bits per heavy atom. The maximum atomic E-state index is 11.8. The van der Waals surface area contributed by atoms with Gasteiger partial charge in [0.05, 0.1) is 11.8 Å². The Morgan fingerprint density at radius 3 is 2.88 bits per heavy atom. The standard InChI is InChI=1S/C12H19N3O/c1-3-4-12(5-6-12)8-13-11(16)10-7-14-15-9(10)2/h7H,3-6,8H2,1-2H3,(H,13,16)(H,14,15). The van der Waals surface area contributed by atoms with Crippen molar-refractivity contribution in [2.24, 2.45) is 5.41 Å². The Morgan fingerprint density at radius 1 is 1.62 bits per heavy atom. The van der Waals surface area contributed by atoms with Gasteiger partial charge in [-0.3, -0.25) is 9.89 Å². The Balaban J connectivity index is 1.87. The largest absolute Gasteiger partial charge is 0.351 e. The number of aromatic nitrogens is 2. The summed E-state index contributed by atoms with van der Waals surface area (Å²) < 4.78 is 0. The molecule has 2 N–H and O–H groups in total. The van der Waals surface area contributed by atoms with Gasteiger partial charge < -0.3 is 5.32 Å². The molecule has 1 aromatic heterocycles. The van der Waals surface area contributed by atoms with Gasteiger partial charge in [0.1, 0.15) is 0 Å². The first-order valence-electron chi connectivity index (χ1n) is 5.95. The molecule has 2 rings (SSSR count). The number of H-pyrrole nitrogens is 1. The van der Waals surface area contributed by atoms with Crippen molar-refractivity contribution in [3.8, 4) is 0 Å². The highest BCUT2D eigenvalue weighted by molar-refractivity contribution is 5.94. The van der Waals surface area contributed by atoms with Crippen LogP contribution in [-0.4, -0.2) is 22.6 Å². The molecule has 0 atom stereocenters. The van der Waals surface area contributed by atoms with Crippen molar-refractivity contribution in [2.45, 2.75) is 39.5 Å². The first-order chi connectivity index (χ1) is 7.67. The number of nitrogens with one attached hydrogen (secondary N) is 2. The van der Waals surface area contributed by atoms with Crippen molar-refractivity contribution in [3.05, 3.63) is 17.5 Å². The summed E-state index contributed by atoms with van der Waals surface area (Å²) in [5.41, 5.74) is 1.90. The van der Waals surface area contributed by atoms with Crippen LogP contribution in [0.4, 0.5) is 0 Å². The van der Waals surface area contributed by atoms with E-state index in [0.29, 0.717) is 11.0 Å². The molecule has 1 aliphatic carbocycles. The van der Waals surface area contributed by atoms with Gasteiger partial charge in [-0.2, -0.15) is 5.10 Å². The van der Waals surface area contributed by atoms with Crippen molar-refractivity contribution in [1.82, 2.24) is 15.5 Å². The average molecular weight is 221 g/mol. The molecule has 4 heteroatoms. The second-order valence-electron chi connectivity index (χ2n) is 4.84. The summed E-state index contributed by atoms with van der Waals surface area (Å²) in [5.74, 6) is -0.00590. The summed E-state index contributed by atoms with van der Waals surface area (Å²) in [6, 6.07) is 0. The molecule has 0 aliphatic heterocycles. The molecule has 0 saturated heterocycles. The van der Waals surface area contributed by atoms with Gasteiger partial charge in [-0.25, -0.2) is 0 Å². The topological polar surface area (TPSA) is 57.8 Å². The van der Waals surface area contributed by atoms with E-state index in [-0.39, 0.29) is 5.91 Å². The maximum absolute atomic E-state index is 11.8. The summed E-state index contributed by atoms with van der Waals surface area (Å²) in [6.07, 6.45) is 6.51. The van der Waals surface area contributed by atoms with Crippen molar-refractivity contribution < 1.29 is 4.79 Å². The quantitative estimate of drug-likeness (QED) is 0.799. The lowest BCUT2D eigenvalue weighted by molar-refractivity contribution is 0.0943. The van der Waals surface area contributed by atoms with Crippen LogP contribution >= 0.6 is 0 Å². The van der Waals surface area contributed by atoms with Gasteiger partial charge in [0.2, 0.25) is 0 Å². The van der Waals surface area contributed by atoms with Gasteiger partial charge in [-0.05, 0) is 31.6 Å². The SMILES string of the molecule is CCCC1(CNC(=O)c2cn[nH]c2C)CC1. The molecule has 1 heterocycles. The molecule has 1 amide bonds. The van der Waals surface area contributed by atoms with Crippen LogP contribution in [0.2, 0.25) is 0 Å². The van der Waals surface area contributed by atoms with Gasteiger partial charge in [0.25, 0.3) is 5.91 Å². The predicted molar refractivity (Wildman–Crippen MR) is 62.2 cm³/mol. The third-order valence-corrected chi connectivity index (χ3v) is 3.44. The van der Waals surface area contributed by atoms with Crippen LogP contribution < -0.4 is 5.32 Å². The van der Waals surface area contributed by atoms with Gasteiger partial charge in [-0.15, -0.1) is 0 Å². The van der Waals surface area contributed by atoms with E-state index in [1.54, 1.807) is 6.20 Å². The number of nitrogens with zero attached hydrogens (tertiary/aromatic N) is 1. The molecule has 4 nitrogen and oxygen atoms in total. The molecule has 0 radical (unpaired) electrons. The van der Waals surface area contributed by atoms with Crippen molar-refractivity contribution in [3.63, 3.8) is 0 Å². The zero-order valence-corrected chi connectivity index (χ0v) is 9.97. The normalized spacial score (nSPS) is 17.1. The molecule has 0 unspecified atom stereocenters. The number of hydrogen-bond donors (Lipinski definition) is 2. The minimum Gasteiger partial charge on any atom is -0.351 e. The number of amides is 1. The summed E-state index contributed by atoms with van der Waals surface area (Å²) in [4.78, 5) is 11.8. The monoisotopic (exact) mass is 221 g/mol. The molecular weight excluding hydrogens is 202 g/mol. The fourth-order valence-corrected chi connectivity index (χ4v) is 2.16. The van der Waals surface area contributed by atoms with Crippen LogP contribution in [0.25, 0.3) is 0 Å². The van der Waals surface area contributed by atoms with Gasteiger partial charge >= 0.3 is 0 Å². The van der Waals surface area contributed by atoms with E-state index in [1.807, 2.05) is 6.92 Å². The Kier molecular flexibility index (Phi) is 2.99. The lowest BCUT2D eigenvalue weighted by Gasteiger charge is -2.14. The minimum absolute atomic E-state index is 0.00590. The van der Waals surface area contributed by atoms with Gasteiger partial charge in [0.15, 0.2) is 0 Å². The Labute approximate surface area is 95.8 Å². The number of rotatable bonds is 5. The molecule has 88 valence electrons. The molecule has 16 heavy (non-hydrogen) atoms. The lowest BCUT2D eigenvalue weighted by Crippen LogP contribution is -2.30. The fraction of sp³-hybridized carbons (Fsp3) is 0.667. The van der Waals surface area contributed by atoms with E-state index >= 15 is 0 Å².